The number of amides is 2. The van der Waals surface area contributed by atoms with Gasteiger partial charge in [-0.05, 0) is 18.4 Å². The Kier molecular flexibility index (Phi) is 2.95. The van der Waals surface area contributed by atoms with Gasteiger partial charge in [0.05, 0.1) is 0 Å². The van der Waals surface area contributed by atoms with E-state index in [4.69, 9.17) is 0 Å². The van der Waals surface area contributed by atoms with Gasteiger partial charge in [0.15, 0.2) is 0 Å². The van der Waals surface area contributed by atoms with Crippen LogP contribution in [-0.2, 0) is 0 Å². The number of hydrogen-bond donors (Lipinski definition) is 1. The molecule has 0 aromatic heterocycles. The lowest BCUT2D eigenvalue weighted by Crippen LogP contribution is -2.33. The first-order chi connectivity index (χ1) is 7.16. The molecule has 1 saturated carbocycles. The van der Waals surface area contributed by atoms with Crippen LogP contribution in [0.3, 0.4) is 0 Å². The van der Waals surface area contributed by atoms with Crippen molar-refractivity contribution in [2.24, 2.45) is 0 Å². The van der Waals surface area contributed by atoms with E-state index in [9.17, 15) is 4.79 Å². The molecule has 2 aliphatic rings. The van der Waals surface area contributed by atoms with E-state index in [-0.39, 0.29) is 6.03 Å². The summed E-state index contributed by atoms with van der Waals surface area (Å²) in [6.45, 7) is 7.21. The maximum atomic E-state index is 11.6. The second kappa shape index (κ2) is 4.23. The van der Waals surface area contributed by atoms with Crippen LogP contribution in [0.15, 0.2) is 12.2 Å². The molecule has 1 N–H and O–H groups in total. The second-order valence-corrected chi connectivity index (χ2v) is 4.53. The molecule has 1 saturated heterocycles. The normalized spacial score (nSPS) is 21.3. The van der Waals surface area contributed by atoms with Crippen LogP contribution in [0.5, 0.6) is 0 Å². The molecular formula is C11H19N3O. The molecule has 84 valence electrons. The topological polar surface area (TPSA) is 35.6 Å². The van der Waals surface area contributed by atoms with Gasteiger partial charge in [-0.15, -0.1) is 0 Å². The summed E-state index contributed by atoms with van der Waals surface area (Å²) in [4.78, 5) is 15.2. The quantitative estimate of drug-likeness (QED) is 0.675. The summed E-state index contributed by atoms with van der Waals surface area (Å²) in [5.74, 6) is 0. The largest absolute Gasteiger partial charge is 0.326 e. The van der Waals surface area contributed by atoms with Crippen molar-refractivity contribution in [1.82, 2.24) is 15.1 Å². The third-order valence-electron chi connectivity index (χ3n) is 2.93. The maximum absolute atomic E-state index is 11.6. The monoisotopic (exact) mass is 209 g/mol. The Hall–Kier alpha value is -1.03. The van der Waals surface area contributed by atoms with Gasteiger partial charge in [0, 0.05) is 39.3 Å². The third kappa shape index (κ3) is 2.72. The van der Waals surface area contributed by atoms with Gasteiger partial charge < -0.3 is 15.1 Å². The van der Waals surface area contributed by atoms with Gasteiger partial charge >= 0.3 is 6.03 Å². The van der Waals surface area contributed by atoms with E-state index >= 15 is 0 Å². The summed E-state index contributed by atoms with van der Waals surface area (Å²) in [6, 6.07) is 0.835. The molecular weight excluding hydrogens is 190 g/mol. The second-order valence-electron chi connectivity index (χ2n) is 4.53. The lowest BCUT2D eigenvalue weighted by molar-refractivity contribution is 0.201. The number of carbonyl (C=O) groups is 1. The molecule has 15 heavy (non-hydrogen) atoms. The first kappa shape index (κ1) is 10.5. The van der Waals surface area contributed by atoms with Crippen LogP contribution < -0.4 is 5.32 Å². The third-order valence-corrected chi connectivity index (χ3v) is 2.93. The number of urea groups is 1. The van der Waals surface area contributed by atoms with E-state index in [2.05, 4.69) is 11.9 Å². The van der Waals surface area contributed by atoms with Crippen molar-refractivity contribution in [2.75, 3.05) is 33.2 Å². The number of likely N-dealkylation sites (N-methyl/N-ethyl adjacent to an activating group) is 1. The fourth-order valence-electron chi connectivity index (χ4n) is 1.75. The van der Waals surface area contributed by atoms with E-state index in [1.165, 1.54) is 12.8 Å². The highest BCUT2D eigenvalue weighted by Gasteiger charge is 2.26. The summed E-state index contributed by atoms with van der Waals surface area (Å²) in [7, 11) is 1.84. The molecule has 1 aliphatic heterocycles. The zero-order valence-corrected chi connectivity index (χ0v) is 9.33. The summed E-state index contributed by atoms with van der Waals surface area (Å²) in [5, 5.41) is 3.41. The Morgan fingerprint density at radius 1 is 1.53 bits per heavy atom. The van der Waals surface area contributed by atoms with Crippen molar-refractivity contribution < 1.29 is 4.79 Å². The minimum Gasteiger partial charge on any atom is -0.326 e. The number of hydrogen-bond acceptors (Lipinski definition) is 2. The van der Waals surface area contributed by atoms with Crippen molar-refractivity contribution in [3.63, 3.8) is 0 Å². The summed E-state index contributed by atoms with van der Waals surface area (Å²) < 4.78 is 0. The zero-order chi connectivity index (χ0) is 10.8. The van der Waals surface area contributed by atoms with Gasteiger partial charge in [0.25, 0.3) is 0 Å². The van der Waals surface area contributed by atoms with Gasteiger partial charge in [-0.3, -0.25) is 0 Å². The Bertz CT molecular complexity index is 273. The SMILES string of the molecule is C=C(CNC1CC1)CN1CCN(C)C1=O. The Labute approximate surface area is 90.9 Å². The van der Waals surface area contributed by atoms with Crippen LogP contribution in [0.25, 0.3) is 0 Å². The molecule has 4 nitrogen and oxygen atoms in total. The van der Waals surface area contributed by atoms with E-state index < -0.39 is 0 Å². The molecule has 1 aliphatic carbocycles. The molecule has 2 fully saturated rings. The van der Waals surface area contributed by atoms with Crippen LogP contribution in [0.1, 0.15) is 12.8 Å². The molecule has 0 aromatic carbocycles. The van der Waals surface area contributed by atoms with Gasteiger partial charge in [-0.25, -0.2) is 4.79 Å². The van der Waals surface area contributed by atoms with Gasteiger partial charge in [-0.2, -0.15) is 0 Å². The molecule has 0 aromatic rings. The molecule has 2 rings (SSSR count). The summed E-state index contributed by atoms with van der Waals surface area (Å²) in [5.41, 5.74) is 1.10. The lowest BCUT2D eigenvalue weighted by Gasteiger charge is -2.17. The molecule has 2 amide bonds. The van der Waals surface area contributed by atoms with E-state index in [1.54, 1.807) is 4.90 Å². The average Bonchev–Trinajstić information content (AvgIpc) is 2.98. The zero-order valence-electron chi connectivity index (χ0n) is 9.33. The van der Waals surface area contributed by atoms with Crippen molar-refractivity contribution in [1.29, 1.82) is 0 Å². The molecule has 0 spiro atoms. The number of nitrogens with zero attached hydrogens (tertiary/aromatic N) is 2. The number of nitrogens with one attached hydrogen (secondary N) is 1. The lowest BCUT2D eigenvalue weighted by atomic mass is 10.3. The first-order valence-corrected chi connectivity index (χ1v) is 5.57. The molecule has 0 radical (unpaired) electrons. The number of carbonyl (C=O) groups excluding carboxylic acids is 1. The van der Waals surface area contributed by atoms with E-state index in [1.807, 2.05) is 11.9 Å². The smallest absolute Gasteiger partial charge is 0.320 e. The highest BCUT2D eigenvalue weighted by Crippen LogP contribution is 2.18. The Morgan fingerprint density at radius 3 is 2.80 bits per heavy atom. The standard InChI is InChI=1S/C11H19N3O/c1-9(7-12-10-3-4-10)8-14-6-5-13(2)11(14)15/h10,12H,1,3-8H2,2H3. The minimum absolute atomic E-state index is 0.127. The number of rotatable bonds is 5. The molecule has 0 unspecified atom stereocenters. The van der Waals surface area contributed by atoms with E-state index in [0.717, 1.165) is 25.2 Å². The van der Waals surface area contributed by atoms with Gasteiger partial charge in [0.2, 0.25) is 0 Å². The van der Waals surface area contributed by atoms with E-state index in [0.29, 0.717) is 12.6 Å². The van der Waals surface area contributed by atoms with Crippen LogP contribution in [0, 0.1) is 0 Å². The van der Waals surface area contributed by atoms with Gasteiger partial charge in [0.1, 0.15) is 0 Å². The first-order valence-electron chi connectivity index (χ1n) is 5.57. The molecule has 4 heteroatoms. The molecule has 0 atom stereocenters. The Morgan fingerprint density at radius 2 is 2.27 bits per heavy atom. The maximum Gasteiger partial charge on any atom is 0.320 e. The van der Waals surface area contributed by atoms with Crippen molar-refractivity contribution in [3.05, 3.63) is 12.2 Å². The average molecular weight is 209 g/mol. The fourth-order valence-corrected chi connectivity index (χ4v) is 1.75. The van der Waals surface area contributed by atoms with Crippen molar-refractivity contribution in [3.8, 4) is 0 Å². The van der Waals surface area contributed by atoms with Crippen molar-refractivity contribution in [2.45, 2.75) is 18.9 Å². The van der Waals surface area contributed by atoms with Crippen LogP contribution >= 0.6 is 0 Å². The predicted molar refractivity (Wildman–Crippen MR) is 59.8 cm³/mol. The summed E-state index contributed by atoms with van der Waals surface area (Å²) in [6.07, 6.45) is 2.58. The molecule has 1 heterocycles. The fraction of sp³-hybridized carbons (Fsp3) is 0.727. The van der Waals surface area contributed by atoms with Crippen LogP contribution in [0.2, 0.25) is 0 Å². The minimum atomic E-state index is 0.127. The van der Waals surface area contributed by atoms with Crippen molar-refractivity contribution >= 4 is 6.03 Å². The predicted octanol–water partition coefficient (Wildman–Crippen LogP) is 0.662. The Balaban J connectivity index is 1.71. The highest BCUT2D eigenvalue weighted by atomic mass is 16.2. The van der Waals surface area contributed by atoms with Crippen LogP contribution in [-0.4, -0.2) is 55.1 Å². The summed E-state index contributed by atoms with van der Waals surface area (Å²) >= 11 is 0. The molecule has 0 bridgehead atoms. The highest BCUT2D eigenvalue weighted by molar-refractivity contribution is 5.76. The van der Waals surface area contributed by atoms with Crippen LogP contribution in [0.4, 0.5) is 4.79 Å². The van der Waals surface area contributed by atoms with Gasteiger partial charge in [-0.1, -0.05) is 6.58 Å².